The van der Waals surface area contributed by atoms with Crippen LogP contribution in [0.25, 0.3) is 0 Å². The standard InChI is InChI=1S/C12H25O2P/c1-9(2)14-10(13)15(11(3,4)5)12(6,7)8/h9H,1-8H3. The van der Waals surface area contributed by atoms with Crippen molar-refractivity contribution in [3.05, 3.63) is 0 Å². The first-order valence-electron chi connectivity index (χ1n) is 5.47. The number of rotatable bonds is 2. The van der Waals surface area contributed by atoms with Crippen molar-refractivity contribution in [2.45, 2.75) is 71.8 Å². The highest BCUT2D eigenvalue weighted by Crippen LogP contribution is 2.60. The van der Waals surface area contributed by atoms with E-state index in [2.05, 4.69) is 41.5 Å². The van der Waals surface area contributed by atoms with Crippen LogP contribution in [-0.4, -0.2) is 22.1 Å². The van der Waals surface area contributed by atoms with E-state index in [0.717, 1.165) is 0 Å². The van der Waals surface area contributed by atoms with Gasteiger partial charge in [0.15, 0.2) is 0 Å². The van der Waals surface area contributed by atoms with Crippen molar-refractivity contribution in [2.75, 3.05) is 0 Å². The van der Waals surface area contributed by atoms with Crippen LogP contribution in [0.5, 0.6) is 0 Å². The molecule has 90 valence electrons. The van der Waals surface area contributed by atoms with Gasteiger partial charge in [0, 0.05) is 7.92 Å². The molecule has 0 unspecified atom stereocenters. The Balaban J connectivity index is 4.90. The lowest BCUT2D eigenvalue weighted by molar-refractivity contribution is 0.140. The van der Waals surface area contributed by atoms with Crippen LogP contribution in [0, 0.1) is 0 Å². The lowest BCUT2D eigenvalue weighted by Gasteiger charge is -2.39. The lowest BCUT2D eigenvalue weighted by atomic mass is 10.2. The third-order valence-electron chi connectivity index (χ3n) is 1.86. The zero-order valence-electron chi connectivity index (χ0n) is 11.3. The first-order chi connectivity index (χ1) is 6.46. The van der Waals surface area contributed by atoms with Crippen LogP contribution in [0.2, 0.25) is 0 Å². The molecule has 0 aromatic rings. The Morgan fingerprint density at radius 2 is 1.33 bits per heavy atom. The molecular weight excluding hydrogens is 207 g/mol. The highest BCUT2D eigenvalue weighted by molar-refractivity contribution is 7.76. The molecule has 0 amide bonds. The molecule has 15 heavy (non-hydrogen) atoms. The maximum absolute atomic E-state index is 12.1. The molecule has 0 rings (SSSR count). The van der Waals surface area contributed by atoms with Crippen LogP contribution in [0.1, 0.15) is 55.4 Å². The van der Waals surface area contributed by atoms with E-state index >= 15 is 0 Å². The number of ether oxygens (including phenoxy) is 1. The summed E-state index contributed by atoms with van der Waals surface area (Å²) >= 11 is 0. The number of hydrogen-bond donors (Lipinski definition) is 0. The van der Waals surface area contributed by atoms with Gasteiger partial charge in [-0.2, -0.15) is 0 Å². The van der Waals surface area contributed by atoms with Crippen LogP contribution in [0.4, 0.5) is 4.79 Å². The van der Waals surface area contributed by atoms with Crippen molar-refractivity contribution in [2.24, 2.45) is 0 Å². The molecule has 0 heterocycles. The van der Waals surface area contributed by atoms with Gasteiger partial charge < -0.3 is 4.74 Å². The van der Waals surface area contributed by atoms with Gasteiger partial charge in [-0.15, -0.1) is 0 Å². The molecule has 0 spiro atoms. The number of carbonyl (C=O) groups is 1. The zero-order chi connectivity index (χ0) is 12.4. The second kappa shape index (κ2) is 4.82. The predicted octanol–water partition coefficient (Wildman–Crippen LogP) is 4.61. The molecule has 0 bridgehead atoms. The van der Waals surface area contributed by atoms with Crippen LogP contribution >= 0.6 is 7.92 Å². The maximum atomic E-state index is 12.1. The first kappa shape index (κ1) is 14.9. The van der Waals surface area contributed by atoms with Crippen LogP contribution in [-0.2, 0) is 4.74 Å². The SMILES string of the molecule is CC(C)OC(=O)P(C(C)(C)C)C(C)(C)C. The van der Waals surface area contributed by atoms with Gasteiger partial charge in [0.25, 0.3) is 0 Å². The second-order valence-electron chi connectivity index (χ2n) is 6.11. The summed E-state index contributed by atoms with van der Waals surface area (Å²) in [5, 5.41) is -0.000880. The molecule has 0 atom stereocenters. The molecule has 0 fully saturated rings. The molecule has 0 aliphatic heterocycles. The van der Waals surface area contributed by atoms with Gasteiger partial charge >= 0.3 is 5.71 Å². The summed E-state index contributed by atoms with van der Waals surface area (Å²) in [4.78, 5) is 12.1. The Kier molecular flexibility index (Phi) is 4.79. The van der Waals surface area contributed by atoms with Crippen molar-refractivity contribution in [1.82, 2.24) is 0 Å². The van der Waals surface area contributed by atoms with Crippen LogP contribution in [0.3, 0.4) is 0 Å². The van der Waals surface area contributed by atoms with Gasteiger partial charge in [0.05, 0.1) is 6.10 Å². The molecule has 0 aliphatic carbocycles. The molecular formula is C12H25O2P. The fourth-order valence-corrected chi connectivity index (χ4v) is 5.23. The average molecular weight is 232 g/mol. The Morgan fingerprint density at radius 3 is 1.53 bits per heavy atom. The Labute approximate surface area is 95.5 Å². The van der Waals surface area contributed by atoms with Crippen molar-refractivity contribution in [1.29, 1.82) is 0 Å². The fraction of sp³-hybridized carbons (Fsp3) is 0.917. The van der Waals surface area contributed by atoms with Gasteiger partial charge in [-0.25, -0.2) is 4.79 Å². The van der Waals surface area contributed by atoms with E-state index in [1.807, 2.05) is 13.8 Å². The third kappa shape index (κ3) is 4.97. The maximum Gasteiger partial charge on any atom is 0.327 e. The van der Waals surface area contributed by atoms with Crippen molar-refractivity contribution >= 4 is 13.6 Å². The van der Waals surface area contributed by atoms with Crippen LogP contribution < -0.4 is 0 Å². The number of hydrogen-bond acceptors (Lipinski definition) is 2. The molecule has 0 aromatic carbocycles. The molecule has 0 aromatic heterocycles. The normalized spacial score (nSPS) is 13.5. The summed E-state index contributed by atoms with van der Waals surface area (Å²) < 4.78 is 5.36. The van der Waals surface area contributed by atoms with Crippen molar-refractivity contribution in [3.63, 3.8) is 0 Å². The van der Waals surface area contributed by atoms with E-state index < -0.39 is 7.92 Å². The summed E-state index contributed by atoms with van der Waals surface area (Å²) in [7, 11) is -0.798. The smallest absolute Gasteiger partial charge is 0.327 e. The minimum atomic E-state index is -0.798. The van der Waals surface area contributed by atoms with Gasteiger partial charge in [0.1, 0.15) is 0 Å². The van der Waals surface area contributed by atoms with Gasteiger partial charge in [-0.3, -0.25) is 0 Å². The Hall–Kier alpha value is -0.100. The van der Waals surface area contributed by atoms with Gasteiger partial charge in [0.2, 0.25) is 0 Å². The summed E-state index contributed by atoms with van der Waals surface area (Å²) in [6, 6.07) is 0. The highest BCUT2D eigenvalue weighted by atomic mass is 31.1. The van der Waals surface area contributed by atoms with Crippen molar-refractivity contribution < 1.29 is 9.53 Å². The minimum Gasteiger partial charge on any atom is -0.460 e. The van der Waals surface area contributed by atoms with Crippen molar-refractivity contribution in [3.8, 4) is 0 Å². The molecule has 3 heteroatoms. The zero-order valence-corrected chi connectivity index (χ0v) is 12.2. The Morgan fingerprint density at radius 1 is 1.00 bits per heavy atom. The van der Waals surface area contributed by atoms with E-state index in [1.165, 1.54) is 0 Å². The first-order valence-corrected chi connectivity index (χ1v) is 6.81. The fourth-order valence-electron chi connectivity index (χ4n) is 1.81. The molecule has 0 aliphatic rings. The lowest BCUT2D eigenvalue weighted by Crippen LogP contribution is -2.30. The predicted molar refractivity (Wildman–Crippen MR) is 68.0 cm³/mol. The molecule has 0 radical (unpaired) electrons. The van der Waals surface area contributed by atoms with E-state index in [1.54, 1.807) is 0 Å². The quantitative estimate of drug-likeness (QED) is 0.650. The second-order valence-corrected chi connectivity index (χ2v) is 9.83. The summed E-state index contributed by atoms with van der Waals surface area (Å²) in [6.07, 6.45) is -0.0211. The van der Waals surface area contributed by atoms with Crippen LogP contribution in [0.15, 0.2) is 0 Å². The monoisotopic (exact) mass is 232 g/mol. The van der Waals surface area contributed by atoms with Gasteiger partial charge in [-0.05, 0) is 24.2 Å². The minimum absolute atomic E-state index is 0.000440. The molecule has 0 saturated heterocycles. The van der Waals surface area contributed by atoms with E-state index in [9.17, 15) is 4.79 Å². The third-order valence-corrected chi connectivity index (χ3v) is 5.01. The molecule has 0 saturated carbocycles. The number of carbonyl (C=O) groups excluding carboxylic acids is 1. The summed E-state index contributed by atoms with van der Waals surface area (Å²) in [6.45, 7) is 16.5. The van der Waals surface area contributed by atoms with E-state index in [0.29, 0.717) is 0 Å². The van der Waals surface area contributed by atoms with E-state index in [-0.39, 0.29) is 22.1 Å². The largest absolute Gasteiger partial charge is 0.460 e. The molecule has 0 N–H and O–H groups in total. The van der Waals surface area contributed by atoms with E-state index in [4.69, 9.17) is 4.74 Å². The topological polar surface area (TPSA) is 26.3 Å². The summed E-state index contributed by atoms with van der Waals surface area (Å²) in [5.41, 5.74) is -0.0139. The summed E-state index contributed by atoms with van der Waals surface area (Å²) in [5.74, 6) is 0. The molecule has 2 nitrogen and oxygen atoms in total. The average Bonchev–Trinajstić information content (AvgIpc) is 1.74. The highest BCUT2D eigenvalue weighted by Gasteiger charge is 2.41. The van der Waals surface area contributed by atoms with Gasteiger partial charge in [-0.1, -0.05) is 41.5 Å². The Bertz CT molecular complexity index is 207.